The molecule has 1 aromatic carbocycles. The number of nitrogen functional groups attached to an aromatic ring is 1. The van der Waals surface area contributed by atoms with Gasteiger partial charge in [-0.05, 0) is 18.1 Å². The molecule has 0 radical (unpaired) electrons. The molecular weight excluding hydrogens is 227 g/mol. The Hall–Kier alpha value is -1.69. The quantitative estimate of drug-likeness (QED) is 0.854. The molecule has 4 nitrogen and oxygen atoms in total. The summed E-state index contributed by atoms with van der Waals surface area (Å²) in [6, 6.07) is 6.72. The largest absolute Gasteiger partial charge is 0.367 e. The predicted octanol–water partition coefficient (Wildman–Crippen LogP) is 1.91. The van der Waals surface area contributed by atoms with Crippen molar-refractivity contribution in [1.82, 2.24) is 9.36 Å². The molecule has 0 atom stereocenters. The summed E-state index contributed by atoms with van der Waals surface area (Å²) >= 11 is 1.20. The average molecular weight is 238 g/mol. The van der Waals surface area contributed by atoms with Gasteiger partial charge in [-0.3, -0.25) is 0 Å². The third-order valence-corrected chi connectivity index (χ3v) is 2.76. The van der Waals surface area contributed by atoms with Crippen LogP contribution in [0.5, 0.6) is 0 Å². The second kappa shape index (κ2) is 4.89. The molecule has 0 saturated carbocycles. The number of hydrogen-bond acceptors (Lipinski definition) is 5. The molecule has 0 unspecified atom stereocenters. The average Bonchev–Trinajstić information content (AvgIpc) is 2.67. The van der Waals surface area contributed by atoms with Crippen LogP contribution in [0, 0.1) is 5.82 Å². The lowest BCUT2D eigenvalue weighted by atomic mass is 10.1. The molecule has 0 bridgehead atoms. The molecule has 1 heterocycles. The van der Waals surface area contributed by atoms with Crippen LogP contribution in [0.1, 0.15) is 5.56 Å². The van der Waals surface area contributed by atoms with E-state index in [-0.39, 0.29) is 11.8 Å². The molecule has 2 aromatic rings. The van der Waals surface area contributed by atoms with E-state index in [9.17, 15) is 4.39 Å². The first-order valence-corrected chi connectivity index (χ1v) is 5.59. The van der Waals surface area contributed by atoms with E-state index in [0.717, 1.165) is 0 Å². The maximum absolute atomic E-state index is 13.2. The number of hydrogen-bond donors (Lipinski definition) is 2. The fraction of sp³-hybridized carbons (Fsp3) is 0.200. The zero-order chi connectivity index (χ0) is 11.4. The Morgan fingerprint density at radius 1 is 1.38 bits per heavy atom. The van der Waals surface area contributed by atoms with Crippen molar-refractivity contribution in [2.24, 2.45) is 0 Å². The molecule has 1 aromatic heterocycles. The van der Waals surface area contributed by atoms with E-state index in [1.165, 1.54) is 17.6 Å². The minimum Gasteiger partial charge on any atom is -0.367 e. The first kappa shape index (κ1) is 10.8. The molecule has 6 heteroatoms. The van der Waals surface area contributed by atoms with Gasteiger partial charge in [0.15, 0.2) is 0 Å². The minimum atomic E-state index is -0.180. The number of benzene rings is 1. The molecule has 0 saturated heterocycles. The second-order valence-corrected chi connectivity index (χ2v) is 3.98. The van der Waals surface area contributed by atoms with Crippen molar-refractivity contribution in [2.75, 3.05) is 17.6 Å². The molecular formula is C10H11FN4S. The van der Waals surface area contributed by atoms with E-state index in [1.54, 1.807) is 12.1 Å². The van der Waals surface area contributed by atoms with Crippen molar-refractivity contribution in [3.63, 3.8) is 0 Å². The summed E-state index contributed by atoms with van der Waals surface area (Å²) < 4.78 is 17.1. The fourth-order valence-electron chi connectivity index (χ4n) is 1.31. The Balaban J connectivity index is 1.87. The van der Waals surface area contributed by atoms with E-state index < -0.39 is 0 Å². The Bertz CT molecular complexity index is 471. The zero-order valence-corrected chi connectivity index (χ0v) is 9.30. The van der Waals surface area contributed by atoms with Crippen molar-refractivity contribution in [2.45, 2.75) is 6.42 Å². The molecule has 2 rings (SSSR count). The normalized spacial score (nSPS) is 10.3. The van der Waals surface area contributed by atoms with Crippen molar-refractivity contribution in [3.8, 4) is 0 Å². The zero-order valence-electron chi connectivity index (χ0n) is 8.48. The van der Waals surface area contributed by atoms with Gasteiger partial charge in [0.2, 0.25) is 11.1 Å². The summed E-state index contributed by atoms with van der Waals surface area (Å²) in [4.78, 5) is 3.94. The summed E-state index contributed by atoms with van der Waals surface area (Å²) in [6.07, 6.45) is 0.603. The van der Waals surface area contributed by atoms with Crippen LogP contribution in [-0.4, -0.2) is 15.9 Å². The number of nitrogens with zero attached hydrogens (tertiary/aromatic N) is 2. The Kier molecular flexibility index (Phi) is 3.31. The van der Waals surface area contributed by atoms with Gasteiger partial charge >= 0.3 is 0 Å². The van der Waals surface area contributed by atoms with Gasteiger partial charge in [0.1, 0.15) is 5.82 Å². The number of anilines is 2. The monoisotopic (exact) mass is 238 g/mol. The van der Waals surface area contributed by atoms with Gasteiger partial charge in [0, 0.05) is 18.1 Å². The van der Waals surface area contributed by atoms with Crippen LogP contribution < -0.4 is 11.1 Å². The van der Waals surface area contributed by atoms with Gasteiger partial charge in [-0.1, -0.05) is 18.2 Å². The highest BCUT2D eigenvalue weighted by atomic mass is 32.1. The summed E-state index contributed by atoms with van der Waals surface area (Å²) in [5, 5.41) is 3.70. The van der Waals surface area contributed by atoms with Gasteiger partial charge in [0.05, 0.1) is 0 Å². The van der Waals surface area contributed by atoms with E-state index >= 15 is 0 Å². The van der Waals surface area contributed by atoms with E-state index in [4.69, 9.17) is 5.73 Å². The van der Waals surface area contributed by atoms with Crippen LogP contribution in [0.15, 0.2) is 24.3 Å². The minimum absolute atomic E-state index is 0.180. The Labute approximate surface area is 96.5 Å². The van der Waals surface area contributed by atoms with Gasteiger partial charge < -0.3 is 11.1 Å². The predicted molar refractivity (Wildman–Crippen MR) is 62.9 cm³/mol. The first-order valence-electron chi connectivity index (χ1n) is 4.82. The molecule has 16 heavy (non-hydrogen) atoms. The third kappa shape index (κ3) is 2.66. The lowest BCUT2D eigenvalue weighted by Gasteiger charge is -2.03. The summed E-state index contributed by atoms with van der Waals surface area (Å²) in [5.41, 5.74) is 6.06. The van der Waals surface area contributed by atoms with E-state index in [0.29, 0.717) is 23.7 Å². The Morgan fingerprint density at radius 3 is 2.88 bits per heavy atom. The van der Waals surface area contributed by atoms with Crippen LogP contribution in [0.2, 0.25) is 0 Å². The molecule has 84 valence electrons. The van der Waals surface area contributed by atoms with Crippen molar-refractivity contribution < 1.29 is 4.39 Å². The second-order valence-electron chi connectivity index (χ2n) is 3.23. The highest BCUT2D eigenvalue weighted by molar-refractivity contribution is 7.09. The number of nitrogens with one attached hydrogen (secondary N) is 1. The molecule has 0 fully saturated rings. The highest BCUT2D eigenvalue weighted by Crippen LogP contribution is 2.12. The van der Waals surface area contributed by atoms with Crippen LogP contribution in [0.25, 0.3) is 0 Å². The molecule has 0 aliphatic rings. The summed E-state index contributed by atoms with van der Waals surface area (Å²) in [6.45, 7) is 0.607. The lowest BCUT2D eigenvalue weighted by molar-refractivity contribution is 0.610. The van der Waals surface area contributed by atoms with Crippen molar-refractivity contribution in [3.05, 3.63) is 35.6 Å². The molecule has 0 aliphatic carbocycles. The molecule has 3 N–H and O–H groups in total. The van der Waals surface area contributed by atoms with Gasteiger partial charge in [-0.15, -0.1) is 0 Å². The summed E-state index contributed by atoms with van der Waals surface area (Å²) in [5.74, 6) is 0.0828. The number of aromatic nitrogens is 2. The smallest absolute Gasteiger partial charge is 0.233 e. The van der Waals surface area contributed by atoms with Gasteiger partial charge in [-0.2, -0.15) is 9.36 Å². The maximum atomic E-state index is 13.2. The van der Waals surface area contributed by atoms with E-state index in [1.807, 2.05) is 6.07 Å². The topological polar surface area (TPSA) is 63.8 Å². The standard InChI is InChI=1S/C10H11FN4S/c11-8-4-2-1-3-7(8)5-6-13-10-14-9(12)15-16-10/h1-4H,5-6H2,(H3,12,13,14,15). The van der Waals surface area contributed by atoms with Crippen molar-refractivity contribution >= 4 is 22.6 Å². The number of halogens is 1. The summed E-state index contributed by atoms with van der Waals surface area (Å²) in [7, 11) is 0. The fourth-order valence-corrected chi connectivity index (χ4v) is 1.83. The highest BCUT2D eigenvalue weighted by Gasteiger charge is 2.02. The van der Waals surface area contributed by atoms with E-state index in [2.05, 4.69) is 14.7 Å². The van der Waals surface area contributed by atoms with Crippen LogP contribution in [0.3, 0.4) is 0 Å². The first-order chi connectivity index (χ1) is 7.75. The SMILES string of the molecule is Nc1nsc(NCCc2ccccc2F)n1. The van der Waals surface area contributed by atoms with Crippen molar-refractivity contribution in [1.29, 1.82) is 0 Å². The number of rotatable bonds is 4. The molecule has 0 spiro atoms. The lowest BCUT2D eigenvalue weighted by Crippen LogP contribution is -2.05. The van der Waals surface area contributed by atoms with Gasteiger partial charge in [-0.25, -0.2) is 4.39 Å². The molecule has 0 aliphatic heterocycles. The Morgan fingerprint density at radius 2 is 2.19 bits per heavy atom. The van der Waals surface area contributed by atoms with Gasteiger partial charge in [0.25, 0.3) is 0 Å². The third-order valence-electron chi connectivity index (χ3n) is 2.07. The maximum Gasteiger partial charge on any atom is 0.233 e. The van der Waals surface area contributed by atoms with Crippen LogP contribution >= 0.6 is 11.5 Å². The molecule has 0 amide bonds. The van der Waals surface area contributed by atoms with Crippen LogP contribution in [0.4, 0.5) is 15.5 Å². The number of nitrogens with two attached hydrogens (primary N) is 1. The van der Waals surface area contributed by atoms with Crippen LogP contribution in [-0.2, 0) is 6.42 Å².